The molecule has 24 heavy (non-hydrogen) atoms. The van der Waals surface area contributed by atoms with Gasteiger partial charge in [0, 0.05) is 27.1 Å². The van der Waals surface area contributed by atoms with E-state index in [9.17, 15) is 4.79 Å². The lowest BCUT2D eigenvalue weighted by atomic mass is 10.2. The first-order valence-corrected chi connectivity index (χ1v) is 7.81. The molecule has 0 unspecified atom stereocenters. The van der Waals surface area contributed by atoms with Gasteiger partial charge >= 0.3 is 0 Å². The zero-order chi connectivity index (χ0) is 17.3. The summed E-state index contributed by atoms with van der Waals surface area (Å²) in [6, 6.07) is -0.176. The Morgan fingerprint density at radius 1 is 1.46 bits per heavy atom. The molecule has 130 valence electrons. The van der Waals surface area contributed by atoms with Gasteiger partial charge in [0.05, 0.1) is 17.8 Å². The van der Waals surface area contributed by atoms with Crippen molar-refractivity contribution in [3.05, 3.63) is 23.5 Å². The third-order valence-corrected chi connectivity index (χ3v) is 4.45. The predicted molar refractivity (Wildman–Crippen MR) is 84.4 cm³/mol. The van der Waals surface area contributed by atoms with E-state index in [2.05, 4.69) is 20.3 Å². The van der Waals surface area contributed by atoms with Crippen molar-refractivity contribution in [3.63, 3.8) is 0 Å². The third-order valence-electron chi connectivity index (χ3n) is 4.45. The number of rotatable bonds is 5. The molecule has 2 aromatic rings. The van der Waals surface area contributed by atoms with E-state index in [4.69, 9.17) is 9.47 Å². The number of aromatic amines is 1. The number of ether oxygens (including phenoxy) is 2. The fourth-order valence-electron chi connectivity index (χ4n) is 3.06. The van der Waals surface area contributed by atoms with E-state index in [-0.39, 0.29) is 24.7 Å². The van der Waals surface area contributed by atoms with Gasteiger partial charge in [0.25, 0.3) is 5.91 Å². The average Bonchev–Trinajstić information content (AvgIpc) is 3.27. The Labute approximate surface area is 140 Å². The largest absolute Gasteiger partial charge is 0.480 e. The first-order chi connectivity index (χ1) is 11.5. The van der Waals surface area contributed by atoms with Gasteiger partial charge in [0.2, 0.25) is 0 Å². The van der Waals surface area contributed by atoms with Gasteiger partial charge in [-0.3, -0.25) is 14.6 Å². The first-order valence-electron chi connectivity index (χ1n) is 7.81. The molecule has 0 bridgehead atoms. The quantitative estimate of drug-likeness (QED) is 0.856. The Bertz CT molecular complexity index is 711. The second kappa shape index (κ2) is 6.60. The monoisotopic (exact) mass is 334 g/mol. The average molecular weight is 334 g/mol. The molecule has 1 aliphatic rings. The molecule has 1 fully saturated rings. The Morgan fingerprint density at radius 3 is 2.83 bits per heavy atom. The molecule has 1 amide bonds. The highest BCUT2D eigenvalue weighted by atomic mass is 16.5. The van der Waals surface area contributed by atoms with Crippen LogP contribution in [0.4, 0.5) is 0 Å². The highest BCUT2D eigenvalue weighted by Gasteiger charge is 2.38. The Balaban J connectivity index is 1.71. The lowest BCUT2D eigenvalue weighted by molar-refractivity contribution is -0.134. The van der Waals surface area contributed by atoms with Gasteiger partial charge in [-0.25, -0.2) is 4.98 Å². The minimum absolute atomic E-state index is 0.0223. The van der Waals surface area contributed by atoms with Crippen molar-refractivity contribution in [2.45, 2.75) is 32.4 Å². The van der Waals surface area contributed by atoms with E-state index in [0.29, 0.717) is 24.5 Å². The van der Waals surface area contributed by atoms with Crippen LogP contribution in [0.3, 0.4) is 0 Å². The summed E-state index contributed by atoms with van der Waals surface area (Å²) in [5.41, 5.74) is 1.66. The predicted octanol–water partition coefficient (Wildman–Crippen LogP) is 0.522. The molecule has 0 aliphatic carbocycles. The van der Waals surface area contributed by atoms with E-state index in [1.165, 1.54) is 6.33 Å². The maximum Gasteiger partial charge on any atom is 0.261 e. The number of nitrogens with one attached hydrogen (secondary N) is 1. The van der Waals surface area contributed by atoms with Crippen LogP contribution in [-0.2, 0) is 16.6 Å². The van der Waals surface area contributed by atoms with Gasteiger partial charge in [-0.05, 0) is 13.8 Å². The van der Waals surface area contributed by atoms with Gasteiger partial charge in [-0.15, -0.1) is 0 Å². The molecular formula is C15H22N6O3. The van der Waals surface area contributed by atoms with Crippen molar-refractivity contribution in [2.24, 2.45) is 7.05 Å². The third kappa shape index (κ3) is 2.99. The number of aryl methyl sites for hydroxylation is 2. The fraction of sp³-hybridized carbons (Fsp3) is 0.600. The van der Waals surface area contributed by atoms with Crippen molar-refractivity contribution in [3.8, 4) is 5.75 Å². The van der Waals surface area contributed by atoms with E-state index < -0.39 is 0 Å². The number of carbonyl (C=O) groups is 1. The molecule has 0 aromatic carbocycles. The highest BCUT2D eigenvalue weighted by molar-refractivity contribution is 5.78. The van der Waals surface area contributed by atoms with E-state index >= 15 is 0 Å². The summed E-state index contributed by atoms with van der Waals surface area (Å²) in [5, 5.41) is 11.0. The zero-order valence-electron chi connectivity index (χ0n) is 14.3. The Morgan fingerprint density at radius 2 is 2.25 bits per heavy atom. The Kier molecular flexibility index (Phi) is 4.52. The van der Waals surface area contributed by atoms with Gasteiger partial charge in [0.1, 0.15) is 17.8 Å². The molecule has 3 rings (SSSR count). The van der Waals surface area contributed by atoms with Crippen molar-refractivity contribution >= 4 is 5.91 Å². The molecule has 1 N–H and O–H groups in total. The van der Waals surface area contributed by atoms with Crippen LogP contribution in [-0.4, -0.2) is 62.1 Å². The maximum atomic E-state index is 12.7. The van der Waals surface area contributed by atoms with Crippen molar-refractivity contribution in [1.82, 2.24) is 29.9 Å². The summed E-state index contributed by atoms with van der Waals surface area (Å²) in [6.45, 7) is 4.23. The van der Waals surface area contributed by atoms with E-state index in [1.54, 1.807) is 16.7 Å². The molecule has 1 aliphatic heterocycles. The van der Waals surface area contributed by atoms with Gasteiger partial charge in [-0.1, -0.05) is 0 Å². The number of amides is 1. The molecule has 0 radical (unpaired) electrons. The number of nitrogens with zero attached hydrogens (tertiary/aromatic N) is 5. The van der Waals surface area contributed by atoms with Crippen molar-refractivity contribution < 1.29 is 14.3 Å². The maximum absolute atomic E-state index is 12.7. The summed E-state index contributed by atoms with van der Waals surface area (Å²) in [7, 11) is 3.50. The standard InChI is InChI=1S/C15H22N6O3/c1-9-14(10(2)20(3)19-9)24-7-13(22)21-6-11(23-4)5-12(21)15-16-8-17-18-15/h8,11-12H,5-7H2,1-4H3,(H,16,17,18)/t11-,12+/m1/s1. The molecule has 0 spiro atoms. The van der Waals surface area contributed by atoms with Gasteiger partial charge in [-0.2, -0.15) is 10.2 Å². The van der Waals surface area contributed by atoms with Crippen LogP contribution in [0.15, 0.2) is 6.33 Å². The summed E-state index contributed by atoms with van der Waals surface area (Å²) >= 11 is 0. The number of methoxy groups -OCH3 is 1. The smallest absolute Gasteiger partial charge is 0.261 e. The number of aromatic nitrogens is 5. The molecule has 0 saturated carbocycles. The van der Waals surface area contributed by atoms with Crippen LogP contribution in [0.25, 0.3) is 0 Å². The summed E-state index contributed by atoms with van der Waals surface area (Å²) in [5.74, 6) is 1.21. The zero-order valence-corrected chi connectivity index (χ0v) is 14.3. The van der Waals surface area contributed by atoms with Gasteiger partial charge in [0.15, 0.2) is 12.4 Å². The molecule has 3 heterocycles. The van der Waals surface area contributed by atoms with Crippen LogP contribution in [0.5, 0.6) is 5.75 Å². The molecular weight excluding hydrogens is 312 g/mol. The van der Waals surface area contributed by atoms with Gasteiger partial charge < -0.3 is 14.4 Å². The highest BCUT2D eigenvalue weighted by Crippen LogP contribution is 2.31. The van der Waals surface area contributed by atoms with Crippen LogP contribution >= 0.6 is 0 Å². The topological polar surface area (TPSA) is 98.2 Å². The van der Waals surface area contributed by atoms with Crippen LogP contribution < -0.4 is 4.74 Å². The van der Waals surface area contributed by atoms with E-state index in [0.717, 1.165) is 11.4 Å². The van der Waals surface area contributed by atoms with E-state index in [1.807, 2.05) is 20.9 Å². The summed E-state index contributed by atoms with van der Waals surface area (Å²) in [6.07, 6.45) is 2.10. The fourth-order valence-corrected chi connectivity index (χ4v) is 3.06. The Hall–Kier alpha value is -2.42. The second-order valence-corrected chi connectivity index (χ2v) is 5.94. The van der Waals surface area contributed by atoms with Crippen LogP contribution in [0.2, 0.25) is 0 Å². The molecule has 1 saturated heterocycles. The van der Waals surface area contributed by atoms with Crippen LogP contribution in [0.1, 0.15) is 29.7 Å². The second-order valence-electron chi connectivity index (χ2n) is 5.94. The minimum atomic E-state index is -0.176. The number of carbonyl (C=O) groups excluding carboxylic acids is 1. The number of hydrogen-bond acceptors (Lipinski definition) is 6. The molecule has 9 heteroatoms. The van der Waals surface area contributed by atoms with Crippen molar-refractivity contribution in [1.29, 1.82) is 0 Å². The number of likely N-dealkylation sites (tertiary alicyclic amines) is 1. The number of H-pyrrole nitrogens is 1. The lowest BCUT2D eigenvalue weighted by Gasteiger charge is -2.22. The number of hydrogen-bond donors (Lipinski definition) is 1. The van der Waals surface area contributed by atoms with Crippen molar-refractivity contribution in [2.75, 3.05) is 20.3 Å². The van der Waals surface area contributed by atoms with Crippen LogP contribution in [0, 0.1) is 13.8 Å². The summed E-state index contributed by atoms with van der Waals surface area (Å²) < 4.78 is 12.9. The lowest BCUT2D eigenvalue weighted by Crippen LogP contribution is -2.36. The summed E-state index contributed by atoms with van der Waals surface area (Å²) in [4.78, 5) is 18.6. The molecule has 9 nitrogen and oxygen atoms in total. The minimum Gasteiger partial charge on any atom is -0.480 e. The SMILES string of the molecule is CO[C@@H]1C[C@@H](c2ncn[nH]2)N(C(=O)COc2c(C)nn(C)c2C)C1. The molecule has 2 atom stereocenters. The normalized spacial score (nSPS) is 20.6. The first kappa shape index (κ1) is 16.4. The molecule has 2 aromatic heterocycles.